The zero-order valence-corrected chi connectivity index (χ0v) is 14.8. The fourth-order valence-electron chi connectivity index (χ4n) is 3.00. The predicted octanol–water partition coefficient (Wildman–Crippen LogP) is 2.27. The largest absolute Gasteiger partial charge is 0.480 e. The summed E-state index contributed by atoms with van der Waals surface area (Å²) in [4.78, 5) is 28.2. The monoisotopic (exact) mass is 370 g/mol. The Hall–Kier alpha value is -2.93. The van der Waals surface area contributed by atoms with Crippen LogP contribution in [0.1, 0.15) is 28.8 Å². The summed E-state index contributed by atoms with van der Waals surface area (Å²) >= 11 is 0. The van der Waals surface area contributed by atoms with Crippen molar-refractivity contribution in [3.63, 3.8) is 0 Å². The second-order valence-corrected chi connectivity index (χ2v) is 6.42. The fourth-order valence-corrected chi connectivity index (χ4v) is 3.00. The molecule has 1 aromatic carbocycles. The predicted molar refractivity (Wildman–Crippen MR) is 97.4 cm³/mol. The summed E-state index contributed by atoms with van der Waals surface area (Å²) in [6.45, 7) is 1.29. The second kappa shape index (κ2) is 9.14. The van der Waals surface area contributed by atoms with Crippen LogP contribution in [0, 0.1) is 5.92 Å². The van der Waals surface area contributed by atoms with Crippen LogP contribution in [0.15, 0.2) is 48.7 Å². The number of ether oxygens (including phenoxy) is 2. The maximum absolute atomic E-state index is 12.5. The maximum Gasteiger partial charge on any atom is 0.326 e. The lowest BCUT2D eigenvalue weighted by Gasteiger charge is -2.28. The molecule has 27 heavy (non-hydrogen) atoms. The van der Waals surface area contributed by atoms with Gasteiger partial charge in [0.15, 0.2) is 0 Å². The van der Waals surface area contributed by atoms with Crippen LogP contribution < -0.4 is 10.1 Å². The van der Waals surface area contributed by atoms with Crippen LogP contribution in [-0.4, -0.2) is 41.2 Å². The number of amides is 1. The van der Waals surface area contributed by atoms with E-state index in [1.54, 1.807) is 0 Å². The van der Waals surface area contributed by atoms with E-state index >= 15 is 0 Å². The highest BCUT2D eigenvalue weighted by Gasteiger charge is 2.31. The summed E-state index contributed by atoms with van der Waals surface area (Å²) in [5, 5.41) is 12.1. The molecule has 7 heteroatoms. The topological polar surface area (TPSA) is 97.8 Å². The number of hydrogen-bond acceptors (Lipinski definition) is 5. The zero-order valence-electron chi connectivity index (χ0n) is 14.8. The number of aliphatic carboxylic acids is 1. The molecule has 3 rings (SSSR count). The van der Waals surface area contributed by atoms with Crippen molar-refractivity contribution in [2.24, 2.45) is 5.92 Å². The SMILES string of the molecule is O=C(NC(C(=O)O)C1CCCOC1)c1ccnc(OCc2ccccc2)c1. The quantitative estimate of drug-likeness (QED) is 0.776. The molecule has 2 unspecified atom stereocenters. The van der Waals surface area contributed by atoms with Gasteiger partial charge in [0.25, 0.3) is 5.91 Å². The molecular formula is C20H22N2O5. The Morgan fingerprint density at radius 1 is 1.30 bits per heavy atom. The number of benzene rings is 1. The van der Waals surface area contributed by atoms with E-state index in [-0.39, 0.29) is 5.92 Å². The molecule has 1 saturated heterocycles. The van der Waals surface area contributed by atoms with Gasteiger partial charge >= 0.3 is 5.97 Å². The fraction of sp³-hybridized carbons (Fsp3) is 0.350. The normalized spacial score (nSPS) is 17.7. The number of carboxylic acids is 1. The van der Waals surface area contributed by atoms with Crippen LogP contribution in [0.25, 0.3) is 0 Å². The van der Waals surface area contributed by atoms with Gasteiger partial charge in [-0.05, 0) is 24.5 Å². The molecule has 0 aliphatic carbocycles. The molecule has 7 nitrogen and oxygen atoms in total. The Kier molecular flexibility index (Phi) is 6.38. The van der Waals surface area contributed by atoms with Crippen molar-refractivity contribution in [1.29, 1.82) is 0 Å². The summed E-state index contributed by atoms with van der Waals surface area (Å²) in [7, 11) is 0. The number of nitrogens with one attached hydrogen (secondary N) is 1. The average molecular weight is 370 g/mol. The van der Waals surface area contributed by atoms with E-state index in [0.29, 0.717) is 37.7 Å². The first-order valence-electron chi connectivity index (χ1n) is 8.87. The molecule has 2 aromatic rings. The third kappa shape index (κ3) is 5.27. The Labute approximate surface area is 157 Å². The second-order valence-electron chi connectivity index (χ2n) is 6.42. The number of aromatic nitrogens is 1. The Morgan fingerprint density at radius 3 is 2.81 bits per heavy atom. The Balaban J connectivity index is 1.64. The molecule has 2 atom stereocenters. The van der Waals surface area contributed by atoms with Crippen molar-refractivity contribution < 1.29 is 24.2 Å². The molecule has 1 aromatic heterocycles. The molecule has 0 saturated carbocycles. The molecule has 1 aliphatic rings. The molecule has 2 heterocycles. The molecule has 142 valence electrons. The van der Waals surface area contributed by atoms with Crippen LogP contribution in [0.5, 0.6) is 5.88 Å². The number of nitrogens with zero attached hydrogens (tertiary/aromatic N) is 1. The summed E-state index contributed by atoms with van der Waals surface area (Å²) in [5.41, 5.74) is 1.29. The van der Waals surface area contributed by atoms with E-state index in [1.807, 2.05) is 30.3 Å². The molecule has 1 fully saturated rings. The van der Waals surface area contributed by atoms with E-state index in [9.17, 15) is 14.7 Å². The third-order valence-corrected chi connectivity index (χ3v) is 4.45. The highest BCUT2D eigenvalue weighted by molar-refractivity contribution is 5.96. The van der Waals surface area contributed by atoms with Crippen LogP contribution >= 0.6 is 0 Å². The molecule has 0 bridgehead atoms. The number of rotatable bonds is 7. The highest BCUT2D eigenvalue weighted by Crippen LogP contribution is 2.19. The van der Waals surface area contributed by atoms with Gasteiger partial charge < -0.3 is 19.9 Å². The van der Waals surface area contributed by atoms with E-state index in [4.69, 9.17) is 9.47 Å². The van der Waals surface area contributed by atoms with Gasteiger partial charge in [-0.1, -0.05) is 30.3 Å². The molecule has 1 amide bonds. The number of hydrogen-bond donors (Lipinski definition) is 2. The molecule has 0 spiro atoms. The highest BCUT2D eigenvalue weighted by atomic mass is 16.5. The molecule has 0 radical (unpaired) electrons. The summed E-state index contributed by atoms with van der Waals surface area (Å²) in [6, 6.07) is 11.7. The Bertz CT molecular complexity index is 775. The standard InChI is InChI=1S/C20H22N2O5/c23-19(22-18(20(24)25)16-7-4-10-26-13-16)15-8-9-21-17(11-15)27-12-14-5-2-1-3-6-14/h1-3,5-6,8-9,11,16,18H,4,7,10,12-13H2,(H,22,23)(H,24,25). The minimum atomic E-state index is -1.06. The number of pyridine rings is 1. The minimum Gasteiger partial charge on any atom is -0.480 e. The van der Waals surface area contributed by atoms with E-state index in [2.05, 4.69) is 10.3 Å². The number of carbonyl (C=O) groups is 2. The summed E-state index contributed by atoms with van der Waals surface area (Å²) < 4.78 is 11.0. The van der Waals surface area contributed by atoms with Crippen LogP contribution in [0.3, 0.4) is 0 Å². The van der Waals surface area contributed by atoms with Crippen molar-refractivity contribution in [2.75, 3.05) is 13.2 Å². The van der Waals surface area contributed by atoms with Gasteiger partial charge in [0.2, 0.25) is 5.88 Å². The van der Waals surface area contributed by atoms with Gasteiger partial charge in [-0.15, -0.1) is 0 Å². The van der Waals surface area contributed by atoms with Crippen molar-refractivity contribution in [3.8, 4) is 5.88 Å². The summed E-state index contributed by atoms with van der Waals surface area (Å²) in [5.74, 6) is -1.47. The van der Waals surface area contributed by atoms with E-state index in [1.165, 1.54) is 18.3 Å². The van der Waals surface area contributed by atoms with Crippen molar-refractivity contribution in [2.45, 2.75) is 25.5 Å². The van der Waals surface area contributed by atoms with Gasteiger partial charge in [0.1, 0.15) is 12.6 Å². The maximum atomic E-state index is 12.5. The average Bonchev–Trinajstić information content (AvgIpc) is 2.71. The first kappa shape index (κ1) is 18.8. The lowest BCUT2D eigenvalue weighted by atomic mass is 9.93. The van der Waals surface area contributed by atoms with Gasteiger partial charge in [-0.25, -0.2) is 9.78 Å². The van der Waals surface area contributed by atoms with Crippen molar-refractivity contribution >= 4 is 11.9 Å². The van der Waals surface area contributed by atoms with Gasteiger partial charge in [0, 0.05) is 30.4 Å². The first-order chi connectivity index (χ1) is 13.1. The van der Waals surface area contributed by atoms with Crippen LogP contribution in [-0.2, 0) is 16.1 Å². The summed E-state index contributed by atoms with van der Waals surface area (Å²) in [6.07, 6.45) is 2.96. The lowest BCUT2D eigenvalue weighted by molar-refractivity contribution is -0.142. The molecule has 1 aliphatic heterocycles. The van der Waals surface area contributed by atoms with Crippen molar-refractivity contribution in [1.82, 2.24) is 10.3 Å². The zero-order chi connectivity index (χ0) is 19.1. The number of carbonyl (C=O) groups excluding carboxylic acids is 1. The van der Waals surface area contributed by atoms with E-state index in [0.717, 1.165) is 12.0 Å². The molecular weight excluding hydrogens is 348 g/mol. The van der Waals surface area contributed by atoms with Gasteiger partial charge in [0.05, 0.1) is 6.61 Å². The van der Waals surface area contributed by atoms with E-state index < -0.39 is 17.9 Å². The lowest BCUT2D eigenvalue weighted by Crippen LogP contribution is -2.48. The first-order valence-corrected chi connectivity index (χ1v) is 8.87. The van der Waals surface area contributed by atoms with Gasteiger partial charge in [-0.3, -0.25) is 4.79 Å². The minimum absolute atomic E-state index is 0.240. The van der Waals surface area contributed by atoms with Crippen LogP contribution in [0.4, 0.5) is 0 Å². The van der Waals surface area contributed by atoms with Crippen molar-refractivity contribution in [3.05, 3.63) is 59.8 Å². The smallest absolute Gasteiger partial charge is 0.326 e. The Morgan fingerprint density at radius 2 is 2.11 bits per heavy atom. The number of carboxylic acid groups (broad SMARTS) is 1. The molecule has 2 N–H and O–H groups in total. The third-order valence-electron chi connectivity index (χ3n) is 4.45. The van der Waals surface area contributed by atoms with Crippen LogP contribution in [0.2, 0.25) is 0 Å². The van der Waals surface area contributed by atoms with Gasteiger partial charge in [-0.2, -0.15) is 0 Å².